The lowest BCUT2D eigenvalue weighted by Crippen LogP contribution is -2.52. The molecule has 0 radical (unpaired) electrons. The molecule has 2 heterocycles. The van der Waals surface area contributed by atoms with Gasteiger partial charge in [0.05, 0.1) is 6.04 Å². The molecule has 1 saturated heterocycles. The van der Waals surface area contributed by atoms with Crippen molar-refractivity contribution in [3.05, 3.63) is 35.1 Å². The van der Waals surface area contributed by atoms with E-state index in [1.54, 1.807) is 11.0 Å². The molecule has 7 heteroatoms. The third-order valence-electron chi connectivity index (χ3n) is 4.08. The lowest BCUT2D eigenvalue weighted by Gasteiger charge is -2.32. The van der Waals surface area contributed by atoms with Gasteiger partial charge in [-0.3, -0.25) is 29.4 Å². The predicted molar refractivity (Wildman–Crippen MR) is 71.9 cm³/mol. The van der Waals surface area contributed by atoms with Crippen LogP contribution in [0.25, 0.3) is 0 Å². The van der Waals surface area contributed by atoms with Crippen molar-refractivity contribution in [3.8, 4) is 0 Å². The normalized spacial score (nSPS) is 24.8. The van der Waals surface area contributed by atoms with Gasteiger partial charge in [0.1, 0.15) is 11.9 Å². The average molecular weight is 304 g/mol. The van der Waals surface area contributed by atoms with Crippen molar-refractivity contribution < 1.29 is 23.6 Å². The topological polar surface area (TPSA) is 83.6 Å². The number of fused-ring (bicyclic) bond motifs is 1. The van der Waals surface area contributed by atoms with Crippen LogP contribution in [0.4, 0.5) is 4.39 Å². The number of imide groups is 1. The molecule has 2 amide bonds. The standard InChI is InChI=1S/C15H13FN2O4/c16-9-2-1-8-6-18(11-3-4-13(21)17-15(11)22)14(10(8)5-9)12(20)7-19/h1-2,5,7,11,14H,3-4,6H2,(H,17,21,22). The highest BCUT2D eigenvalue weighted by molar-refractivity contribution is 6.27. The first-order valence-electron chi connectivity index (χ1n) is 6.88. The lowest BCUT2D eigenvalue weighted by molar-refractivity contribution is -0.141. The summed E-state index contributed by atoms with van der Waals surface area (Å²) in [6, 6.07) is 2.36. The molecule has 2 aliphatic rings. The molecule has 0 aromatic heterocycles. The summed E-state index contributed by atoms with van der Waals surface area (Å²) in [7, 11) is 0. The Morgan fingerprint density at radius 1 is 1.36 bits per heavy atom. The Morgan fingerprint density at radius 2 is 2.14 bits per heavy atom. The Hall–Kier alpha value is -2.41. The maximum absolute atomic E-state index is 13.5. The first-order chi connectivity index (χ1) is 10.5. The summed E-state index contributed by atoms with van der Waals surface area (Å²) in [4.78, 5) is 47.7. The van der Waals surface area contributed by atoms with Crippen LogP contribution in [0.5, 0.6) is 0 Å². The minimum Gasteiger partial charge on any atom is -0.295 e. The highest BCUT2D eigenvalue weighted by Gasteiger charge is 2.43. The molecule has 3 rings (SSSR count). The van der Waals surface area contributed by atoms with Gasteiger partial charge in [-0.25, -0.2) is 4.39 Å². The maximum Gasteiger partial charge on any atom is 0.243 e. The van der Waals surface area contributed by atoms with Crippen LogP contribution in [0.2, 0.25) is 0 Å². The van der Waals surface area contributed by atoms with E-state index in [0.717, 1.165) is 0 Å². The number of aldehydes is 1. The maximum atomic E-state index is 13.5. The summed E-state index contributed by atoms with van der Waals surface area (Å²) >= 11 is 0. The fraction of sp³-hybridized carbons (Fsp3) is 0.333. The zero-order valence-corrected chi connectivity index (χ0v) is 11.5. The number of amides is 2. The van der Waals surface area contributed by atoms with Crippen molar-refractivity contribution >= 4 is 23.9 Å². The van der Waals surface area contributed by atoms with Crippen molar-refractivity contribution in [1.82, 2.24) is 10.2 Å². The number of nitrogens with zero attached hydrogens (tertiary/aromatic N) is 1. The van der Waals surface area contributed by atoms with Gasteiger partial charge in [-0.15, -0.1) is 0 Å². The summed E-state index contributed by atoms with van der Waals surface area (Å²) in [5.41, 5.74) is 1.10. The molecule has 2 aliphatic heterocycles. The Labute approximate surface area is 125 Å². The number of Topliss-reactive ketones (excluding diaryl/α,β-unsaturated/α-hetero) is 1. The van der Waals surface area contributed by atoms with Gasteiger partial charge in [0, 0.05) is 13.0 Å². The molecule has 0 spiro atoms. The number of hydrogen-bond acceptors (Lipinski definition) is 5. The van der Waals surface area contributed by atoms with Crippen molar-refractivity contribution in [2.45, 2.75) is 31.5 Å². The van der Waals surface area contributed by atoms with Crippen molar-refractivity contribution in [3.63, 3.8) is 0 Å². The van der Waals surface area contributed by atoms with Crippen LogP contribution in [0, 0.1) is 5.82 Å². The third-order valence-corrected chi connectivity index (χ3v) is 4.08. The first-order valence-corrected chi connectivity index (χ1v) is 6.88. The van der Waals surface area contributed by atoms with Crippen LogP contribution in [-0.2, 0) is 25.7 Å². The Balaban J connectivity index is 1.98. The van der Waals surface area contributed by atoms with Crippen LogP contribution in [0.15, 0.2) is 18.2 Å². The Kier molecular flexibility index (Phi) is 3.58. The molecule has 1 aromatic carbocycles. The summed E-state index contributed by atoms with van der Waals surface area (Å²) < 4.78 is 13.5. The molecule has 2 atom stereocenters. The molecular formula is C15H13FN2O4. The van der Waals surface area contributed by atoms with Gasteiger partial charge in [-0.2, -0.15) is 0 Å². The minimum atomic E-state index is -0.979. The number of piperidine rings is 1. The van der Waals surface area contributed by atoms with Gasteiger partial charge in [0.2, 0.25) is 17.6 Å². The molecule has 1 aromatic rings. The van der Waals surface area contributed by atoms with Crippen LogP contribution in [0.1, 0.15) is 30.0 Å². The zero-order chi connectivity index (χ0) is 15.9. The van der Waals surface area contributed by atoms with Gasteiger partial charge in [0.25, 0.3) is 0 Å². The molecule has 114 valence electrons. The molecule has 1 N–H and O–H groups in total. The SMILES string of the molecule is O=CC(=O)C1c2cc(F)ccc2CN1C1CCC(=O)NC1=O. The molecule has 0 aliphatic carbocycles. The van der Waals surface area contributed by atoms with Gasteiger partial charge < -0.3 is 0 Å². The number of halogens is 1. The predicted octanol–water partition coefficient (Wildman–Crippen LogP) is 0.256. The summed E-state index contributed by atoms with van der Waals surface area (Å²) in [5, 5.41) is 2.23. The number of rotatable bonds is 3. The second-order valence-corrected chi connectivity index (χ2v) is 5.41. The van der Waals surface area contributed by atoms with E-state index in [-0.39, 0.29) is 31.6 Å². The Bertz CT molecular complexity index is 688. The fourth-order valence-corrected chi connectivity index (χ4v) is 3.10. The largest absolute Gasteiger partial charge is 0.295 e. The molecule has 22 heavy (non-hydrogen) atoms. The zero-order valence-electron chi connectivity index (χ0n) is 11.5. The smallest absolute Gasteiger partial charge is 0.243 e. The number of ketones is 1. The number of benzene rings is 1. The second kappa shape index (κ2) is 5.42. The summed E-state index contributed by atoms with van der Waals surface area (Å²) in [6.07, 6.45) is 0.618. The van der Waals surface area contributed by atoms with Gasteiger partial charge in [-0.05, 0) is 29.7 Å². The molecule has 1 fully saturated rings. The number of hydrogen-bond donors (Lipinski definition) is 1. The van der Waals surface area contributed by atoms with Crippen molar-refractivity contribution in [2.75, 3.05) is 0 Å². The van der Waals surface area contributed by atoms with Gasteiger partial charge in [0.15, 0.2) is 6.29 Å². The highest BCUT2D eigenvalue weighted by atomic mass is 19.1. The van der Waals surface area contributed by atoms with E-state index < -0.39 is 29.6 Å². The molecule has 0 saturated carbocycles. The van der Waals surface area contributed by atoms with E-state index in [1.165, 1.54) is 12.1 Å². The van der Waals surface area contributed by atoms with Gasteiger partial charge >= 0.3 is 0 Å². The van der Waals surface area contributed by atoms with Crippen molar-refractivity contribution in [2.24, 2.45) is 0 Å². The fourth-order valence-electron chi connectivity index (χ4n) is 3.10. The van der Waals surface area contributed by atoms with Crippen LogP contribution >= 0.6 is 0 Å². The van der Waals surface area contributed by atoms with Crippen molar-refractivity contribution in [1.29, 1.82) is 0 Å². The monoisotopic (exact) mass is 304 g/mol. The average Bonchev–Trinajstić information content (AvgIpc) is 2.84. The molecule has 2 unspecified atom stereocenters. The number of carbonyl (C=O) groups is 4. The van der Waals surface area contributed by atoms with E-state index in [1.807, 2.05) is 0 Å². The lowest BCUT2D eigenvalue weighted by atomic mass is 9.99. The van der Waals surface area contributed by atoms with Crippen LogP contribution < -0.4 is 5.32 Å². The van der Waals surface area contributed by atoms with E-state index in [0.29, 0.717) is 11.1 Å². The number of carbonyl (C=O) groups excluding carboxylic acids is 4. The van der Waals surface area contributed by atoms with E-state index in [2.05, 4.69) is 5.32 Å². The highest BCUT2D eigenvalue weighted by Crippen LogP contribution is 2.37. The third kappa shape index (κ3) is 2.33. The molecule has 0 bridgehead atoms. The quantitative estimate of drug-likeness (QED) is 0.492. The number of nitrogens with one attached hydrogen (secondary N) is 1. The Morgan fingerprint density at radius 3 is 2.82 bits per heavy atom. The van der Waals surface area contributed by atoms with E-state index in [4.69, 9.17) is 0 Å². The van der Waals surface area contributed by atoms with Gasteiger partial charge in [-0.1, -0.05) is 6.07 Å². The summed E-state index contributed by atoms with van der Waals surface area (Å²) in [6.45, 7) is 0.256. The van der Waals surface area contributed by atoms with E-state index in [9.17, 15) is 23.6 Å². The minimum absolute atomic E-state index is 0.166. The second-order valence-electron chi connectivity index (χ2n) is 5.41. The first kappa shape index (κ1) is 14.5. The van der Waals surface area contributed by atoms with Crippen LogP contribution in [-0.4, -0.2) is 34.8 Å². The molecular weight excluding hydrogens is 291 g/mol. The van der Waals surface area contributed by atoms with Crippen LogP contribution in [0.3, 0.4) is 0 Å². The molecule has 6 nitrogen and oxygen atoms in total. The summed E-state index contributed by atoms with van der Waals surface area (Å²) in [5.74, 6) is -2.09. The van der Waals surface area contributed by atoms with E-state index >= 15 is 0 Å².